The topological polar surface area (TPSA) is 94.2 Å². The van der Waals surface area contributed by atoms with Crippen molar-refractivity contribution in [2.45, 2.75) is 26.4 Å². The molecule has 44 heavy (non-hydrogen) atoms. The van der Waals surface area contributed by atoms with Crippen molar-refractivity contribution in [1.82, 2.24) is 29.3 Å². The number of fused-ring (bicyclic) bond motifs is 2. The molecule has 3 aromatic carbocycles. The predicted octanol–water partition coefficient (Wildman–Crippen LogP) is 5.97. The summed E-state index contributed by atoms with van der Waals surface area (Å²) in [6.45, 7) is 8.85. The molecule has 0 N–H and O–H groups in total. The number of benzene rings is 3. The van der Waals surface area contributed by atoms with E-state index >= 15 is 0 Å². The number of piperazine rings is 1. The molecule has 0 amide bonds. The molecule has 1 fully saturated rings. The fourth-order valence-electron chi connectivity index (χ4n) is 5.96. The molecule has 0 bridgehead atoms. The zero-order chi connectivity index (χ0) is 30.3. The molecule has 7 rings (SSSR count). The van der Waals surface area contributed by atoms with E-state index in [9.17, 15) is 0 Å². The zero-order valence-electron chi connectivity index (χ0n) is 25.2. The van der Waals surface area contributed by atoms with E-state index in [4.69, 9.17) is 20.2 Å². The number of hydrogen-bond acceptors (Lipinski definition) is 8. The Morgan fingerprint density at radius 2 is 1.52 bits per heavy atom. The minimum atomic E-state index is 0.211. The number of nitrogens with zero attached hydrogens (tertiary/aromatic N) is 9. The maximum atomic E-state index is 9.13. The van der Waals surface area contributed by atoms with Crippen molar-refractivity contribution in [2.24, 2.45) is 4.99 Å². The second-order valence-electron chi connectivity index (χ2n) is 11.9. The van der Waals surface area contributed by atoms with Crippen molar-refractivity contribution in [3.05, 3.63) is 90.4 Å². The first-order chi connectivity index (χ1) is 21.4. The van der Waals surface area contributed by atoms with Crippen LogP contribution in [0.2, 0.25) is 0 Å². The van der Waals surface area contributed by atoms with Crippen LogP contribution in [0, 0.1) is 11.3 Å². The van der Waals surface area contributed by atoms with E-state index in [1.807, 2.05) is 36.7 Å². The van der Waals surface area contributed by atoms with Gasteiger partial charge < -0.3 is 4.90 Å². The Morgan fingerprint density at radius 1 is 0.841 bits per heavy atom. The Labute approximate surface area is 257 Å². The summed E-state index contributed by atoms with van der Waals surface area (Å²) >= 11 is 0. The summed E-state index contributed by atoms with van der Waals surface area (Å²) in [6, 6.07) is 27.5. The number of nitriles is 1. The Hall–Kier alpha value is -5.04. The quantitative estimate of drug-likeness (QED) is 0.229. The average molecular weight is 581 g/mol. The van der Waals surface area contributed by atoms with Crippen LogP contribution >= 0.6 is 0 Å². The van der Waals surface area contributed by atoms with Gasteiger partial charge in [0.05, 0.1) is 35.5 Å². The second-order valence-corrected chi connectivity index (χ2v) is 11.9. The van der Waals surface area contributed by atoms with Gasteiger partial charge in [0.25, 0.3) is 0 Å². The number of anilines is 1. The fraction of sp³-hybridized carbons (Fsp3) is 0.257. The highest BCUT2D eigenvalue weighted by Gasteiger charge is 2.35. The number of quaternary nitrogens is 1. The maximum absolute atomic E-state index is 9.13. The van der Waals surface area contributed by atoms with Gasteiger partial charge >= 0.3 is 0 Å². The van der Waals surface area contributed by atoms with Gasteiger partial charge in [0.15, 0.2) is 12.0 Å². The summed E-state index contributed by atoms with van der Waals surface area (Å²) in [5, 5.41) is 9.13. The highest BCUT2D eigenvalue weighted by atomic mass is 15.4. The second kappa shape index (κ2) is 11.2. The monoisotopic (exact) mass is 580 g/mol. The molecule has 9 heteroatoms. The third kappa shape index (κ3) is 5.08. The smallest absolute Gasteiger partial charge is 0.234 e. The number of aromatic nitrogens is 4. The Bertz CT molecular complexity index is 1900. The van der Waals surface area contributed by atoms with E-state index in [0.29, 0.717) is 10.5 Å². The van der Waals surface area contributed by atoms with Crippen molar-refractivity contribution in [3.8, 4) is 28.6 Å². The highest BCUT2D eigenvalue weighted by molar-refractivity contribution is 5.97. The lowest BCUT2D eigenvalue weighted by molar-refractivity contribution is 0.249. The molecule has 2 aliphatic rings. The molecule has 9 nitrogen and oxygen atoms in total. The highest BCUT2D eigenvalue weighted by Crippen LogP contribution is 2.42. The van der Waals surface area contributed by atoms with Crippen molar-refractivity contribution in [1.29, 1.82) is 5.26 Å². The van der Waals surface area contributed by atoms with Gasteiger partial charge in [-0.15, -0.1) is 0 Å². The Balaban J connectivity index is 1.15. The molecule has 0 spiro atoms. The third-order valence-corrected chi connectivity index (χ3v) is 8.91. The number of aliphatic imine (C=N–C) groups is 1. The predicted molar refractivity (Wildman–Crippen MR) is 176 cm³/mol. The molecule has 2 aromatic heterocycles. The summed E-state index contributed by atoms with van der Waals surface area (Å²) in [7, 11) is 2.19. The minimum Gasteiger partial charge on any atom is -0.354 e. The first kappa shape index (κ1) is 27.8. The molecule has 5 aromatic rings. The van der Waals surface area contributed by atoms with Crippen LogP contribution in [0.4, 0.5) is 17.2 Å². The Morgan fingerprint density at radius 3 is 2.20 bits per heavy atom. The van der Waals surface area contributed by atoms with E-state index in [1.165, 1.54) is 5.56 Å². The third-order valence-electron chi connectivity index (χ3n) is 8.91. The summed E-state index contributed by atoms with van der Waals surface area (Å²) < 4.78 is 0.644. The zero-order valence-corrected chi connectivity index (χ0v) is 25.2. The molecule has 1 saturated heterocycles. The number of rotatable bonds is 6. The van der Waals surface area contributed by atoms with Gasteiger partial charge in [-0.1, -0.05) is 54.6 Å². The molecule has 4 heterocycles. The van der Waals surface area contributed by atoms with Crippen LogP contribution in [-0.4, -0.2) is 70.4 Å². The Kier molecular flexibility index (Phi) is 7.09. The lowest BCUT2D eigenvalue weighted by Gasteiger charge is -2.35. The molecule has 0 aliphatic carbocycles. The summed E-state index contributed by atoms with van der Waals surface area (Å²) in [5.74, 6) is 1.03. The van der Waals surface area contributed by atoms with E-state index in [-0.39, 0.29) is 5.82 Å². The first-order valence-electron chi connectivity index (χ1n) is 15.0. The van der Waals surface area contributed by atoms with Crippen LogP contribution in [0.1, 0.15) is 25.2 Å². The normalized spacial score (nSPS) is 18.1. The fourth-order valence-corrected chi connectivity index (χ4v) is 5.96. The van der Waals surface area contributed by atoms with Crippen LogP contribution < -0.4 is 9.38 Å². The molecule has 2 aliphatic heterocycles. The van der Waals surface area contributed by atoms with Crippen molar-refractivity contribution in [2.75, 3.05) is 38.1 Å². The van der Waals surface area contributed by atoms with Crippen molar-refractivity contribution in [3.63, 3.8) is 0 Å². The molecule has 1 atom stereocenters. The van der Waals surface area contributed by atoms with E-state index < -0.39 is 0 Å². The van der Waals surface area contributed by atoms with Gasteiger partial charge in [-0.3, -0.25) is 4.90 Å². The molecular weight excluding hydrogens is 546 g/mol. The van der Waals surface area contributed by atoms with Crippen molar-refractivity contribution >= 4 is 34.6 Å². The van der Waals surface area contributed by atoms with E-state index in [0.717, 1.165) is 83.5 Å². The maximum Gasteiger partial charge on any atom is 0.234 e. The molecule has 0 radical (unpaired) electrons. The van der Waals surface area contributed by atoms with Crippen LogP contribution in [0.25, 0.3) is 33.5 Å². The van der Waals surface area contributed by atoms with E-state index in [1.54, 1.807) is 6.20 Å². The van der Waals surface area contributed by atoms with Crippen LogP contribution in [0.3, 0.4) is 0 Å². The SMILES string of the molecule is CC(C)[N+]1(C)C=Nc2cc3nc(-c4ccccc4)c(-c4ccc(CN5CCN(c6ccnc(C#N)n6)CC5)cc4)nc3cc21. The average Bonchev–Trinajstić information content (AvgIpc) is 3.40. The first-order valence-corrected chi connectivity index (χ1v) is 15.0. The molecule has 218 valence electrons. The molecule has 0 saturated carbocycles. The standard InChI is InChI=1S/C35H34N9/c1-24(2)44(3)23-38-30-19-28-29(20-31(30)44)40-35(34(39-28)26-7-5-4-6-8-26)27-11-9-25(10-12-27)22-42-15-17-43(18-16-42)33-13-14-37-32(21-36)41-33/h4-14,19-20,23-24H,15-18,22H2,1-3H3/q+1. The summed E-state index contributed by atoms with van der Waals surface area (Å²) in [4.78, 5) is 28.2. The summed E-state index contributed by atoms with van der Waals surface area (Å²) in [5.41, 5.74) is 8.93. The van der Waals surface area contributed by atoms with Crippen molar-refractivity contribution < 1.29 is 0 Å². The van der Waals surface area contributed by atoms with E-state index in [2.05, 4.69) is 89.2 Å². The summed E-state index contributed by atoms with van der Waals surface area (Å²) in [6.07, 6.45) is 3.67. The van der Waals surface area contributed by atoms with Gasteiger partial charge in [0, 0.05) is 56.1 Å². The lowest BCUT2D eigenvalue weighted by Crippen LogP contribution is -2.47. The van der Waals surface area contributed by atoms with Gasteiger partial charge in [-0.25, -0.2) is 24.4 Å². The van der Waals surface area contributed by atoms with Crippen LogP contribution in [0.5, 0.6) is 0 Å². The lowest BCUT2D eigenvalue weighted by atomic mass is 10.0. The molecular formula is C35H34N9+. The van der Waals surface area contributed by atoms with Gasteiger partial charge in [-0.2, -0.15) is 10.3 Å². The number of hydrogen-bond donors (Lipinski definition) is 0. The van der Waals surface area contributed by atoms with Crippen LogP contribution in [0.15, 0.2) is 84.0 Å². The minimum absolute atomic E-state index is 0.211. The van der Waals surface area contributed by atoms with Gasteiger partial charge in [0.2, 0.25) is 5.82 Å². The van der Waals surface area contributed by atoms with Gasteiger partial charge in [0.1, 0.15) is 17.6 Å². The van der Waals surface area contributed by atoms with Gasteiger partial charge in [-0.05, 0) is 31.5 Å². The largest absolute Gasteiger partial charge is 0.354 e. The van der Waals surface area contributed by atoms with Crippen LogP contribution in [-0.2, 0) is 6.54 Å². The molecule has 1 unspecified atom stereocenters.